The highest BCUT2D eigenvalue weighted by Crippen LogP contribution is 2.26. The summed E-state index contributed by atoms with van der Waals surface area (Å²) < 4.78 is 0.725. The first-order chi connectivity index (χ1) is 9.06. The molecule has 0 radical (unpaired) electrons. The van der Waals surface area contributed by atoms with Crippen molar-refractivity contribution in [2.75, 3.05) is 5.32 Å². The zero-order valence-electron chi connectivity index (χ0n) is 10.7. The Balaban J connectivity index is 1.96. The fraction of sp³-hybridized carbons (Fsp3) is 0.214. The van der Waals surface area contributed by atoms with E-state index in [4.69, 9.17) is 11.6 Å². The highest BCUT2D eigenvalue weighted by molar-refractivity contribution is 7.16. The summed E-state index contributed by atoms with van der Waals surface area (Å²) in [5, 5.41) is 5.73. The third-order valence-corrected chi connectivity index (χ3v) is 4.18. The molecule has 0 aliphatic heterocycles. The van der Waals surface area contributed by atoms with Gasteiger partial charge in [0, 0.05) is 10.6 Å². The van der Waals surface area contributed by atoms with Crippen molar-refractivity contribution in [3.8, 4) is 0 Å². The maximum absolute atomic E-state index is 11.9. The van der Waals surface area contributed by atoms with E-state index in [-0.39, 0.29) is 12.1 Å². The second-order valence-electron chi connectivity index (χ2n) is 4.28. The molecular weight excluding hydrogens is 280 g/mol. The van der Waals surface area contributed by atoms with Crippen LogP contribution in [0.25, 0.3) is 0 Å². The third-order valence-electron chi connectivity index (χ3n) is 2.76. The summed E-state index contributed by atoms with van der Waals surface area (Å²) in [4.78, 5) is 12.9. The number of hydrogen-bond acceptors (Lipinski definition) is 2. The van der Waals surface area contributed by atoms with Crippen LogP contribution in [0.1, 0.15) is 23.4 Å². The SMILES string of the molecule is Cc1ccccc1NC(=O)N[C@@H](C)c1ccc(Cl)s1. The van der Waals surface area contributed by atoms with Crippen LogP contribution in [0.3, 0.4) is 0 Å². The van der Waals surface area contributed by atoms with Gasteiger partial charge in [-0.05, 0) is 37.6 Å². The van der Waals surface area contributed by atoms with Crippen LogP contribution < -0.4 is 10.6 Å². The van der Waals surface area contributed by atoms with E-state index in [1.54, 1.807) is 0 Å². The van der Waals surface area contributed by atoms with Crippen LogP contribution >= 0.6 is 22.9 Å². The minimum Gasteiger partial charge on any atom is -0.331 e. The zero-order valence-corrected chi connectivity index (χ0v) is 12.3. The Morgan fingerprint density at radius 1 is 1.26 bits per heavy atom. The predicted molar refractivity (Wildman–Crippen MR) is 81.1 cm³/mol. The monoisotopic (exact) mass is 294 g/mol. The molecular formula is C14H15ClN2OS. The molecule has 0 saturated carbocycles. The van der Waals surface area contributed by atoms with Gasteiger partial charge in [0.25, 0.3) is 0 Å². The van der Waals surface area contributed by atoms with Gasteiger partial charge < -0.3 is 10.6 Å². The topological polar surface area (TPSA) is 41.1 Å². The Kier molecular flexibility index (Phi) is 4.45. The van der Waals surface area contributed by atoms with E-state index in [9.17, 15) is 4.79 Å². The number of anilines is 1. The Hall–Kier alpha value is -1.52. The fourth-order valence-electron chi connectivity index (χ4n) is 1.70. The Bertz CT molecular complexity index is 582. The van der Waals surface area contributed by atoms with Crippen molar-refractivity contribution >= 4 is 34.7 Å². The summed E-state index contributed by atoms with van der Waals surface area (Å²) in [6, 6.07) is 11.1. The number of para-hydroxylation sites is 1. The smallest absolute Gasteiger partial charge is 0.319 e. The van der Waals surface area contributed by atoms with Gasteiger partial charge in [-0.1, -0.05) is 29.8 Å². The normalized spacial score (nSPS) is 11.9. The molecule has 0 bridgehead atoms. The van der Waals surface area contributed by atoms with Crippen LogP contribution in [-0.2, 0) is 0 Å². The van der Waals surface area contributed by atoms with E-state index in [1.165, 1.54) is 11.3 Å². The lowest BCUT2D eigenvalue weighted by Gasteiger charge is -2.14. The van der Waals surface area contributed by atoms with E-state index < -0.39 is 0 Å². The van der Waals surface area contributed by atoms with Gasteiger partial charge in [-0.25, -0.2) is 4.79 Å². The molecule has 1 aromatic heterocycles. The summed E-state index contributed by atoms with van der Waals surface area (Å²) in [7, 11) is 0. The molecule has 2 aromatic rings. The molecule has 0 fully saturated rings. The summed E-state index contributed by atoms with van der Waals surface area (Å²) >= 11 is 7.35. The average molecular weight is 295 g/mol. The van der Waals surface area contributed by atoms with Gasteiger partial charge in [0.1, 0.15) is 0 Å². The van der Waals surface area contributed by atoms with Crippen molar-refractivity contribution in [1.29, 1.82) is 0 Å². The number of carbonyl (C=O) groups excluding carboxylic acids is 1. The number of benzene rings is 1. The second-order valence-corrected chi connectivity index (χ2v) is 6.02. The first kappa shape index (κ1) is 13.9. The summed E-state index contributed by atoms with van der Waals surface area (Å²) in [6.45, 7) is 3.89. The molecule has 0 aliphatic carbocycles. The minimum atomic E-state index is -0.216. The van der Waals surface area contributed by atoms with Crippen molar-refractivity contribution < 1.29 is 4.79 Å². The van der Waals surface area contributed by atoms with Crippen molar-refractivity contribution in [3.63, 3.8) is 0 Å². The molecule has 100 valence electrons. The van der Waals surface area contributed by atoms with Crippen molar-refractivity contribution in [2.45, 2.75) is 19.9 Å². The van der Waals surface area contributed by atoms with E-state index >= 15 is 0 Å². The van der Waals surface area contributed by atoms with E-state index in [2.05, 4.69) is 10.6 Å². The molecule has 1 aromatic carbocycles. The molecule has 3 nitrogen and oxygen atoms in total. The van der Waals surface area contributed by atoms with Crippen molar-refractivity contribution in [1.82, 2.24) is 5.32 Å². The molecule has 0 spiro atoms. The summed E-state index contributed by atoms with van der Waals surface area (Å²) in [5.41, 5.74) is 1.85. The van der Waals surface area contributed by atoms with Gasteiger partial charge in [-0.15, -0.1) is 11.3 Å². The standard InChI is InChI=1S/C14H15ClN2OS/c1-9-5-3-4-6-11(9)17-14(18)16-10(2)12-7-8-13(15)19-12/h3-8,10H,1-2H3,(H2,16,17,18)/t10-/m0/s1. The van der Waals surface area contributed by atoms with E-state index in [1.807, 2.05) is 50.2 Å². The molecule has 2 amide bonds. The van der Waals surface area contributed by atoms with Gasteiger partial charge in [0.15, 0.2) is 0 Å². The van der Waals surface area contributed by atoms with Gasteiger partial charge in [0.05, 0.1) is 10.4 Å². The number of amides is 2. The molecule has 2 N–H and O–H groups in total. The third kappa shape index (κ3) is 3.72. The molecule has 19 heavy (non-hydrogen) atoms. The Morgan fingerprint density at radius 2 is 2.00 bits per heavy atom. The second kappa shape index (κ2) is 6.08. The summed E-state index contributed by atoms with van der Waals surface area (Å²) in [6.07, 6.45) is 0. The number of aryl methyl sites for hydroxylation is 1. The molecule has 0 saturated heterocycles. The largest absolute Gasteiger partial charge is 0.331 e. The number of carbonyl (C=O) groups is 1. The van der Waals surface area contributed by atoms with Crippen LogP contribution in [0.5, 0.6) is 0 Å². The molecule has 5 heteroatoms. The van der Waals surface area contributed by atoms with Crippen LogP contribution in [0.2, 0.25) is 4.34 Å². The van der Waals surface area contributed by atoms with Crippen molar-refractivity contribution in [3.05, 3.63) is 51.2 Å². The van der Waals surface area contributed by atoms with Gasteiger partial charge in [-0.2, -0.15) is 0 Å². The number of hydrogen-bond donors (Lipinski definition) is 2. The van der Waals surface area contributed by atoms with Crippen LogP contribution in [-0.4, -0.2) is 6.03 Å². The van der Waals surface area contributed by atoms with Gasteiger partial charge in [-0.3, -0.25) is 0 Å². The number of urea groups is 1. The number of halogens is 1. The minimum absolute atomic E-state index is 0.0680. The molecule has 1 heterocycles. The van der Waals surface area contributed by atoms with Crippen molar-refractivity contribution in [2.24, 2.45) is 0 Å². The van der Waals surface area contributed by atoms with Gasteiger partial charge in [0.2, 0.25) is 0 Å². The van der Waals surface area contributed by atoms with Crippen LogP contribution in [0.4, 0.5) is 10.5 Å². The number of rotatable bonds is 3. The van der Waals surface area contributed by atoms with Crippen LogP contribution in [0.15, 0.2) is 36.4 Å². The maximum Gasteiger partial charge on any atom is 0.319 e. The van der Waals surface area contributed by atoms with Crippen LogP contribution in [0, 0.1) is 6.92 Å². The maximum atomic E-state index is 11.9. The summed E-state index contributed by atoms with van der Waals surface area (Å²) in [5.74, 6) is 0. The lowest BCUT2D eigenvalue weighted by Crippen LogP contribution is -2.30. The predicted octanol–water partition coefficient (Wildman–Crippen LogP) is 4.59. The van der Waals surface area contributed by atoms with E-state index in [0.29, 0.717) is 0 Å². The highest BCUT2D eigenvalue weighted by Gasteiger charge is 2.12. The molecule has 2 rings (SSSR count). The Labute approximate surface area is 121 Å². The fourth-order valence-corrected chi connectivity index (χ4v) is 2.76. The lowest BCUT2D eigenvalue weighted by molar-refractivity contribution is 0.249. The highest BCUT2D eigenvalue weighted by atomic mass is 35.5. The number of nitrogens with one attached hydrogen (secondary N) is 2. The van der Waals surface area contributed by atoms with E-state index in [0.717, 1.165) is 20.5 Å². The number of thiophene rings is 1. The molecule has 0 aliphatic rings. The zero-order chi connectivity index (χ0) is 13.8. The Morgan fingerprint density at radius 3 is 2.63 bits per heavy atom. The average Bonchev–Trinajstić information content (AvgIpc) is 2.79. The molecule has 0 unspecified atom stereocenters. The quantitative estimate of drug-likeness (QED) is 0.854. The lowest BCUT2D eigenvalue weighted by atomic mass is 10.2. The molecule has 1 atom stereocenters. The first-order valence-electron chi connectivity index (χ1n) is 5.94. The van der Waals surface area contributed by atoms with Gasteiger partial charge >= 0.3 is 6.03 Å². The first-order valence-corrected chi connectivity index (χ1v) is 7.14.